The molecule has 3 rings (SSSR count). The second-order valence-corrected chi connectivity index (χ2v) is 8.47. The number of hydrogen-bond donors (Lipinski definition) is 1. The van der Waals surface area contributed by atoms with Crippen LogP contribution in [0.15, 0.2) is 24.5 Å². The third-order valence-corrected chi connectivity index (χ3v) is 4.87. The van der Waals surface area contributed by atoms with Crippen LogP contribution in [0, 0.1) is 5.92 Å². The van der Waals surface area contributed by atoms with Gasteiger partial charge in [-0.3, -0.25) is 14.6 Å². The molecule has 1 saturated carbocycles. The molecule has 0 unspecified atom stereocenters. The zero-order valence-electron chi connectivity index (χ0n) is 16.1. The lowest BCUT2D eigenvalue weighted by atomic mass is 9.91. The van der Waals surface area contributed by atoms with Gasteiger partial charge in [0.15, 0.2) is 6.10 Å². The molecule has 2 atom stereocenters. The Balaban J connectivity index is 1.86. The molecule has 1 aromatic rings. The molecule has 2 aliphatic rings. The molecule has 1 saturated heterocycles. The second-order valence-electron chi connectivity index (χ2n) is 8.47. The van der Waals surface area contributed by atoms with Crippen molar-refractivity contribution in [1.29, 1.82) is 0 Å². The number of nitrogens with zero attached hydrogens (tertiary/aromatic N) is 2. The van der Waals surface area contributed by atoms with Crippen molar-refractivity contribution >= 4 is 11.8 Å². The third-order valence-electron chi connectivity index (χ3n) is 4.87. The van der Waals surface area contributed by atoms with Gasteiger partial charge in [0.25, 0.3) is 5.91 Å². The van der Waals surface area contributed by atoms with Gasteiger partial charge in [-0.2, -0.15) is 0 Å². The van der Waals surface area contributed by atoms with E-state index in [1.807, 2.05) is 30.9 Å². The number of amides is 2. The van der Waals surface area contributed by atoms with Crippen LogP contribution < -0.4 is 5.32 Å². The standard InChI is InChI=1S/C20H29N3O3/c1-13(2)10-20(3,4)22-19(25)18-17(14-6-5-9-21-11-14)23(15-7-8-15)16(24)12-26-18/h5-6,9,11,13,15,17-18H,7-8,10,12H2,1-4H3,(H,22,25)/t17-,18+/m1/s1. The van der Waals surface area contributed by atoms with Crippen molar-refractivity contribution in [2.45, 2.75) is 70.7 Å². The number of pyridine rings is 1. The van der Waals surface area contributed by atoms with E-state index in [2.05, 4.69) is 24.1 Å². The Kier molecular flexibility index (Phi) is 5.32. The lowest BCUT2D eigenvalue weighted by molar-refractivity contribution is -0.166. The normalized spacial score (nSPS) is 24.0. The molecule has 0 aromatic carbocycles. The highest BCUT2D eigenvalue weighted by atomic mass is 16.5. The van der Waals surface area contributed by atoms with Gasteiger partial charge in [0.2, 0.25) is 5.91 Å². The van der Waals surface area contributed by atoms with E-state index in [1.54, 1.807) is 12.4 Å². The van der Waals surface area contributed by atoms with Gasteiger partial charge in [0.1, 0.15) is 6.61 Å². The molecule has 142 valence electrons. The van der Waals surface area contributed by atoms with Gasteiger partial charge in [-0.25, -0.2) is 0 Å². The molecule has 0 radical (unpaired) electrons. The van der Waals surface area contributed by atoms with E-state index in [4.69, 9.17) is 4.74 Å². The van der Waals surface area contributed by atoms with Gasteiger partial charge in [0.05, 0.1) is 6.04 Å². The largest absolute Gasteiger partial charge is 0.356 e. The zero-order valence-corrected chi connectivity index (χ0v) is 16.1. The van der Waals surface area contributed by atoms with E-state index >= 15 is 0 Å². The minimum atomic E-state index is -0.719. The Bertz CT molecular complexity index is 656. The smallest absolute Gasteiger partial charge is 0.252 e. The molecule has 2 heterocycles. The molecule has 1 N–H and O–H groups in total. The summed E-state index contributed by atoms with van der Waals surface area (Å²) in [6.07, 6.45) is 5.53. The maximum Gasteiger partial charge on any atom is 0.252 e. The molecule has 6 nitrogen and oxygen atoms in total. The molecule has 2 fully saturated rings. The maximum absolute atomic E-state index is 13.1. The molecule has 0 bridgehead atoms. The van der Waals surface area contributed by atoms with E-state index < -0.39 is 12.1 Å². The summed E-state index contributed by atoms with van der Waals surface area (Å²) >= 11 is 0. The summed E-state index contributed by atoms with van der Waals surface area (Å²) in [5.74, 6) is 0.255. The predicted octanol–water partition coefficient (Wildman–Crippen LogP) is 2.45. The number of hydrogen-bond acceptors (Lipinski definition) is 4. The van der Waals surface area contributed by atoms with Crippen LogP contribution in [0.3, 0.4) is 0 Å². The summed E-state index contributed by atoms with van der Waals surface area (Å²) in [7, 11) is 0. The fraction of sp³-hybridized carbons (Fsp3) is 0.650. The third kappa shape index (κ3) is 4.23. The molecule has 1 aromatic heterocycles. The summed E-state index contributed by atoms with van der Waals surface area (Å²) in [4.78, 5) is 31.6. The minimum absolute atomic E-state index is 0.0457. The van der Waals surface area contributed by atoms with Gasteiger partial charge in [0, 0.05) is 24.0 Å². The molecular weight excluding hydrogens is 330 g/mol. The maximum atomic E-state index is 13.1. The van der Waals surface area contributed by atoms with Crippen molar-refractivity contribution in [3.05, 3.63) is 30.1 Å². The Labute approximate surface area is 155 Å². The van der Waals surface area contributed by atoms with E-state index in [0.29, 0.717) is 5.92 Å². The Hall–Kier alpha value is -1.95. The van der Waals surface area contributed by atoms with Crippen molar-refractivity contribution in [2.75, 3.05) is 6.61 Å². The summed E-state index contributed by atoms with van der Waals surface area (Å²) in [5.41, 5.74) is 0.509. The van der Waals surface area contributed by atoms with Gasteiger partial charge in [-0.05, 0) is 50.7 Å². The Morgan fingerprint density at radius 1 is 1.42 bits per heavy atom. The van der Waals surface area contributed by atoms with Crippen molar-refractivity contribution in [2.24, 2.45) is 5.92 Å². The van der Waals surface area contributed by atoms with Crippen LogP contribution in [0.1, 0.15) is 58.6 Å². The molecule has 2 amide bonds. The van der Waals surface area contributed by atoms with Crippen LogP contribution in [-0.4, -0.2) is 46.0 Å². The number of nitrogens with one attached hydrogen (secondary N) is 1. The zero-order chi connectivity index (χ0) is 18.9. The lowest BCUT2D eigenvalue weighted by Crippen LogP contribution is -2.58. The lowest BCUT2D eigenvalue weighted by Gasteiger charge is -2.41. The van der Waals surface area contributed by atoms with Crippen LogP contribution in [0.5, 0.6) is 0 Å². The van der Waals surface area contributed by atoms with Crippen LogP contribution in [0.4, 0.5) is 0 Å². The average molecular weight is 359 g/mol. The van der Waals surface area contributed by atoms with E-state index in [1.165, 1.54) is 0 Å². The first-order valence-corrected chi connectivity index (χ1v) is 9.43. The fourth-order valence-corrected chi connectivity index (χ4v) is 3.99. The van der Waals surface area contributed by atoms with Crippen LogP contribution >= 0.6 is 0 Å². The fourth-order valence-electron chi connectivity index (χ4n) is 3.99. The van der Waals surface area contributed by atoms with Crippen LogP contribution in [-0.2, 0) is 14.3 Å². The quantitative estimate of drug-likeness (QED) is 0.847. The summed E-state index contributed by atoms with van der Waals surface area (Å²) in [6.45, 7) is 8.27. The number of aromatic nitrogens is 1. The molecule has 26 heavy (non-hydrogen) atoms. The highest BCUT2D eigenvalue weighted by molar-refractivity contribution is 5.87. The number of carbonyl (C=O) groups is 2. The summed E-state index contributed by atoms with van der Waals surface area (Å²) in [5, 5.41) is 3.13. The van der Waals surface area contributed by atoms with Gasteiger partial charge >= 0.3 is 0 Å². The molecule has 1 aliphatic heterocycles. The number of morpholine rings is 1. The van der Waals surface area contributed by atoms with Crippen molar-refractivity contribution in [1.82, 2.24) is 15.2 Å². The topological polar surface area (TPSA) is 71.5 Å². The van der Waals surface area contributed by atoms with Gasteiger partial charge < -0.3 is 15.0 Å². The average Bonchev–Trinajstić information content (AvgIpc) is 3.38. The first-order chi connectivity index (χ1) is 12.3. The monoisotopic (exact) mass is 359 g/mol. The summed E-state index contributed by atoms with van der Waals surface area (Å²) in [6, 6.07) is 3.52. The van der Waals surface area contributed by atoms with E-state index in [9.17, 15) is 9.59 Å². The molecule has 0 spiro atoms. The molecular formula is C20H29N3O3. The van der Waals surface area contributed by atoms with Gasteiger partial charge in [-0.15, -0.1) is 0 Å². The van der Waals surface area contributed by atoms with E-state index in [0.717, 1.165) is 24.8 Å². The Morgan fingerprint density at radius 3 is 2.73 bits per heavy atom. The van der Waals surface area contributed by atoms with Crippen molar-refractivity contribution in [3.63, 3.8) is 0 Å². The van der Waals surface area contributed by atoms with Crippen molar-refractivity contribution in [3.8, 4) is 0 Å². The second kappa shape index (κ2) is 7.35. The Morgan fingerprint density at radius 2 is 2.15 bits per heavy atom. The first kappa shape index (κ1) is 18.8. The minimum Gasteiger partial charge on any atom is -0.356 e. The molecule has 1 aliphatic carbocycles. The predicted molar refractivity (Wildman–Crippen MR) is 98.3 cm³/mol. The number of ether oxygens (including phenoxy) is 1. The number of carbonyl (C=O) groups excluding carboxylic acids is 2. The van der Waals surface area contributed by atoms with E-state index in [-0.39, 0.29) is 30.0 Å². The first-order valence-electron chi connectivity index (χ1n) is 9.43. The SMILES string of the molecule is CC(C)CC(C)(C)NC(=O)[C@H]1OCC(=O)N(C2CC2)[C@@H]1c1cccnc1. The highest BCUT2D eigenvalue weighted by Crippen LogP contribution is 2.39. The summed E-state index contributed by atoms with van der Waals surface area (Å²) < 4.78 is 5.75. The van der Waals surface area contributed by atoms with Crippen LogP contribution in [0.25, 0.3) is 0 Å². The highest BCUT2D eigenvalue weighted by Gasteiger charge is 2.48. The van der Waals surface area contributed by atoms with Crippen LogP contribution in [0.2, 0.25) is 0 Å². The van der Waals surface area contributed by atoms with Crippen molar-refractivity contribution < 1.29 is 14.3 Å². The number of rotatable bonds is 6. The molecule has 6 heteroatoms. The van der Waals surface area contributed by atoms with Gasteiger partial charge in [-0.1, -0.05) is 19.9 Å².